The van der Waals surface area contributed by atoms with Crippen LogP contribution in [0.5, 0.6) is 0 Å². The molecule has 0 saturated carbocycles. The molecule has 0 aromatic carbocycles. The van der Waals surface area contributed by atoms with Gasteiger partial charge < -0.3 is 25.4 Å². The first-order valence-corrected chi connectivity index (χ1v) is 7.37. The molecule has 2 heterocycles. The fourth-order valence-corrected chi connectivity index (χ4v) is 3.32. The first kappa shape index (κ1) is 16.8. The van der Waals surface area contributed by atoms with E-state index < -0.39 is 42.1 Å². The highest BCUT2D eigenvalue weighted by Gasteiger charge is 2.56. The van der Waals surface area contributed by atoms with Crippen molar-refractivity contribution >= 4 is 16.9 Å². The maximum Gasteiger partial charge on any atom is 0.417 e. The third kappa shape index (κ3) is 3.45. The van der Waals surface area contributed by atoms with Gasteiger partial charge in [-0.3, -0.25) is 4.99 Å². The van der Waals surface area contributed by atoms with Crippen LogP contribution >= 0.6 is 11.8 Å². The van der Waals surface area contributed by atoms with Crippen LogP contribution in [0.2, 0.25) is 0 Å². The van der Waals surface area contributed by atoms with E-state index >= 15 is 0 Å². The van der Waals surface area contributed by atoms with Crippen LogP contribution in [0, 0.1) is 0 Å². The maximum absolute atomic E-state index is 12.6. The Kier molecular flexibility index (Phi) is 5.03. The number of aliphatic hydroxyl groups excluding tert-OH is 3. The Labute approximate surface area is 123 Å². The largest absolute Gasteiger partial charge is 0.417 e. The van der Waals surface area contributed by atoms with Crippen molar-refractivity contribution in [3.05, 3.63) is 0 Å². The van der Waals surface area contributed by atoms with Gasteiger partial charge >= 0.3 is 6.18 Å². The lowest BCUT2D eigenvalue weighted by Gasteiger charge is -2.40. The second-order valence-corrected chi connectivity index (χ2v) is 6.00. The van der Waals surface area contributed by atoms with Gasteiger partial charge in [-0.1, -0.05) is 18.7 Å². The molecule has 0 aliphatic carbocycles. The zero-order valence-electron chi connectivity index (χ0n) is 11.1. The topological polar surface area (TPSA) is 94.3 Å². The molecule has 2 fully saturated rings. The predicted octanol–water partition coefficient (Wildman–Crippen LogP) is -0.173. The van der Waals surface area contributed by atoms with Crippen LogP contribution in [0.4, 0.5) is 13.2 Å². The number of alkyl halides is 3. The van der Waals surface area contributed by atoms with E-state index in [1.807, 2.05) is 6.92 Å². The lowest BCUT2D eigenvalue weighted by Crippen LogP contribution is -2.63. The molecule has 0 radical (unpaired) electrons. The molecule has 2 rings (SSSR count). The van der Waals surface area contributed by atoms with E-state index in [1.165, 1.54) is 0 Å². The lowest BCUT2D eigenvalue weighted by molar-refractivity contribution is -0.272. The third-order valence-electron chi connectivity index (χ3n) is 3.28. The number of halogens is 3. The van der Waals surface area contributed by atoms with E-state index in [1.54, 1.807) is 0 Å². The number of hydrogen-bond donors (Lipinski definition) is 4. The number of ether oxygens (including phenoxy) is 1. The fraction of sp³-hybridized carbons (Fsp3) is 0.909. The van der Waals surface area contributed by atoms with E-state index in [2.05, 4.69) is 10.3 Å². The number of thioether (sulfide) groups is 1. The highest BCUT2D eigenvalue weighted by molar-refractivity contribution is 8.14. The van der Waals surface area contributed by atoms with Crippen LogP contribution in [0.1, 0.15) is 13.3 Å². The van der Waals surface area contributed by atoms with Crippen LogP contribution in [0.25, 0.3) is 0 Å². The molecule has 6 nitrogen and oxygen atoms in total. The maximum atomic E-state index is 12.6. The minimum absolute atomic E-state index is 0.445. The summed E-state index contributed by atoms with van der Waals surface area (Å²) in [5.74, 6) is 0. The molecular formula is C11H17F3N2O4S. The van der Waals surface area contributed by atoms with Crippen molar-refractivity contribution < 1.29 is 33.2 Å². The predicted molar refractivity (Wildman–Crippen MR) is 69.8 cm³/mol. The van der Waals surface area contributed by atoms with Crippen molar-refractivity contribution in [1.29, 1.82) is 0 Å². The summed E-state index contributed by atoms with van der Waals surface area (Å²) in [5.41, 5.74) is -0.846. The molecule has 6 atom stereocenters. The number of amidine groups is 1. The van der Waals surface area contributed by atoms with Gasteiger partial charge in [0.1, 0.15) is 23.7 Å². The van der Waals surface area contributed by atoms with Crippen molar-refractivity contribution in [3.8, 4) is 0 Å². The number of aliphatic imine (C=N–C) groups is 1. The van der Waals surface area contributed by atoms with Gasteiger partial charge in [-0.15, -0.1) is 0 Å². The third-order valence-corrected chi connectivity index (χ3v) is 4.39. The number of nitrogens with one attached hydrogen (secondary N) is 1. The Morgan fingerprint density at radius 2 is 2.05 bits per heavy atom. The Bertz CT molecular complexity index is 409. The molecule has 1 unspecified atom stereocenters. The smallest absolute Gasteiger partial charge is 0.388 e. The van der Waals surface area contributed by atoms with Crippen molar-refractivity contribution in [2.75, 3.05) is 6.54 Å². The normalized spacial score (nSPS) is 40.0. The molecule has 0 aromatic heterocycles. The molecule has 0 spiro atoms. The van der Waals surface area contributed by atoms with Gasteiger partial charge in [-0.2, -0.15) is 13.2 Å². The van der Waals surface area contributed by atoms with E-state index in [4.69, 9.17) is 4.74 Å². The number of fused-ring (bicyclic) bond motifs is 1. The van der Waals surface area contributed by atoms with E-state index in [9.17, 15) is 28.5 Å². The van der Waals surface area contributed by atoms with Gasteiger partial charge in [0.25, 0.3) is 0 Å². The summed E-state index contributed by atoms with van der Waals surface area (Å²) in [6.07, 6.45) is -12.3. The number of nitrogens with zero attached hydrogens (tertiary/aromatic N) is 1. The van der Waals surface area contributed by atoms with E-state index in [0.29, 0.717) is 11.7 Å². The quantitative estimate of drug-likeness (QED) is 0.574. The minimum atomic E-state index is -4.94. The zero-order valence-corrected chi connectivity index (χ0v) is 11.9. The average molecular weight is 330 g/mol. The summed E-state index contributed by atoms with van der Waals surface area (Å²) in [6, 6.07) is -0.766. The number of aliphatic hydroxyl groups is 3. The molecular weight excluding hydrogens is 313 g/mol. The average Bonchev–Trinajstić information content (AvgIpc) is 2.82. The molecule has 122 valence electrons. The van der Waals surface area contributed by atoms with E-state index in [0.717, 1.165) is 18.2 Å². The summed E-state index contributed by atoms with van der Waals surface area (Å²) in [4.78, 5) is 4.16. The molecule has 0 aromatic rings. The SMILES string of the molecule is CCCN=C1N[C@@H]2[C@@H](O)[C@H](O)[C@@H](C(O)C(F)(F)F)O[C@@H]2S1. The Morgan fingerprint density at radius 1 is 1.38 bits per heavy atom. The summed E-state index contributed by atoms with van der Waals surface area (Å²) < 4.78 is 42.8. The summed E-state index contributed by atoms with van der Waals surface area (Å²) in [5, 5.41) is 32.2. The molecule has 4 N–H and O–H groups in total. The van der Waals surface area contributed by atoms with Gasteiger partial charge in [-0.25, -0.2) is 0 Å². The molecule has 2 aliphatic heterocycles. The van der Waals surface area contributed by atoms with Gasteiger partial charge in [0.05, 0.1) is 6.04 Å². The highest BCUT2D eigenvalue weighted by Crippen LogP contribution is 2.37. The van der Waals surface area contributed by atoms with Gasteiger partial charge in [0.2, 0.25) is 0 Å². The highest BCUT2D eigenvalue weighted by atomic mass is 32.2. The van der Waals surface area contributed by atoms with Gasteiger partial charge in [0.15, 0.2) is 11.3 Å². The molecule has 2 aliphatic rings. The fourth-order valence-electron chi connectivity index (χ4n) is 2.17. The van der Waals surface area contributed by atoms with Crippen molar-refractivity contribution in [1.82, 2.24) is 5.32 Å². The molecule has 0 amide bonds. The molecule has 10 heteroatoms. The first-order valence-electron chi connectivity index (χ1n) is 6.49. The number of rotatable bonds is 3. The minimum Gasteiger partial charge on any atom is -0.388 e. The Hall–Kier alpha value is -0.550. The van der Waals surface area contributed by atoms with Crippen LogP contribution in [0.15, 0.2) is 4.99 Å². The second kappa shape index (κ2) is 6.29. The van der Waals surface area contributed by atoms with E-state index in [-0.39, 0.29) is 0 Å². The standard InChI is InChI=1S/C11H17F3N2O4S/c1-2-3-15-10-16-4-5(17)6(18)7(20-9(4)21-10)8(19)11(12,13)14/h4-9,17-19H,2-3H2,1H3,(H,15,16)/t4-,5-,6+,7+,8?,9-/m1/s1. The zero-order chi connectivity index (χ0) is 15.8. The van der Waals surface area contributed by atoms with Crippen molar-refractivity contribution in [2.45, 2.75) is 55.4 Å². The van der Waals surface area contributed by atoms with Gasteiger partial charge in [0, 0.05) is 6.54 Å². The molecule has 0 bridgehead atoms. The lowest BCUT2D eigenvalue weighted by atomic mass is 9.94. The second-order valence-electron chi connectivity index (χ2n) is 4.91. The monoisotopic (exact) mass is 330 g/mol. The summed E-state index contributed by atoms with van der Waals surface area (Å²) in [7, 11) is 0. The van der Waals surface area contributed by atoms with Crippen LogP contribution in [-0.2, 0) is 4.74 Å². The Morgan fingerprint density at radius 3 is 2.62 bits per heavy atom. The van der Waals surface area contributed by atoms with Crippen LogP contribution < -0.4 is 5.32 Å². The first-order chi connectivity index (χ1) is 9.75. The van der Waals surface area contributed by atoms with Gasteiger partial charge in [-0.05, 0) is 6.42 Å². The number of hydrogen-bond acceptors (Lipinski definition) is 6. The summed E-state index contributed by atoms with van der Waals surface area (Å²) in [6.45, 7) is 2.45. The van der Waals surface area contributed by atoms with Crippen molar-refractivity contribution in [3.63, 3.8) is 0 Å². The molecule has 21 heavy (non-hydrogen) atoms. The van der Waals surface area contributed by atoms with Crippen molar-refractivity contribution in [2.24, 2.45) is 4.99 Å². The molecule has 2 saturated heterocycles. The van der Waals surface area contributed by atoms with Crippen LogP contribution in [0.3, 0.4) is 0 Å². The Balaban J connectivity index is 2.12. The summed E-state index contributed by atoms with van der Waals surface area (Å²) >= 11 is 1.04. The van der Waals surface area contributed by atoms with Crippen LogP contribution in [-0.4, -0.2) is 69.1 Å².